The lowest BCUT2D eigenvalue weighted by Crippen LogP contribution is -2.48. The molecule has 2 aromatic heterocycles. The summed E-state index contributed by atoms with van der Waals surface area (Å²) in [5.41, 5.74) is 2.24. The van der Waals surface area contributed by atoms with Crippen LogP contribution < -0.4 is 0 Å². The van der Waals surface area contributed by atoms with Crippen LogP contribution in [0.5, 0.6) is 0 Å². The van der Waals surface area contributed by atoms with Gasteiger partial charge in [0, 0.05) is 44.0 Å². The maximum absolute atomic E-state index is 13.1. The van der Waals surface area contributed by atoms with Crippen molar-refractivity contribution in [1.82, 2.24) is 23.5 Å². The van der Waals surface area contributed by atoms with Gasteiger partial charge in [-0.25, -0.2) is 0 Å². The zero-order valence-electron chi connectivity index (χ0n) is 14.9. The fraction of sp³-hybridized carbons (Fsp3) is 0.556. The average molecular weight is 359 g/mol. The first-order valence-corrected chi connectivity index (χ1v) is 9.64. The fourth-order valence-corrected chi connectivity index (χ4v) is 3.88. The normalized spacial score (nSPS) is 16.1. The number of hydrogen-bond acceptors (Lipinski definition) is 6. The molecule has 1 amide bonds. The Morgan fingerprint density at radius 3 is 2.72 bits per heavy atom. The topological polar surface area (TPSA) is 62.2 Å². The number of nitrogens with zero attached hydrogens (tertiary/aromatic N) is 5. The van der Waals surface area contributed by atoms with Crippen molar-refractivity contribution in [3.05, 3.63) is 41.5 Å². The van der Waals surface area contributed by atoms with E-state index < -0.39 is 0 Å². The van der Waals surface area contributed by atoms with E-state index in [0.29, 0.717) is 12.2 Å². The molecule has 1 aliphatic heterocycles. The van der Waals surface area contributed by atoms with E-state index in [2.05, 4.69) is 25.6 Å². The highest BCUT2D eigenvalue weighted by atomic mass is 32.1. The third-order valence-electron chi connectivity index (χ3n) is 4.90. The number of piperidine rings is 1. The van der Waals surface area contributed by atoms with Crippen LogP contribution in [0.4, 0.5) is 0 Å². The summed E-state index contributed by atoms with van der Waals surface area (Å²) in [4.78, 5) is 21.9. The van der Waals surface area contributed by atoms with Crippen LogP contribution >= 0.6 is 11.7 Å². The van der Waals surface area contributed by atoms with E-state index in [0.717, 1.165) is 62.0 Å². The first kappa shape index (κ1) is 17.9. The second-order valence-electron chi connectivity index (χ2n) is 6.43. The molecule has 0 atom stereocenters. The standard InChI is InChI=1S/C18H25N5OS/c1-3-22-11-8-16(9-12-22)23(13-7-15-6-4-5-10-19-15)18(24)17-14(2)20-25-21-17/h4-6,10,16H,3,7-9,11-13H2,1-2H3. The zero-order chi connectivity index (χ0) is 17.6. The van der Waals surface area contributed by atoms with Gasteiger partial charge in [-0.3, -0.25) is 9.78 Å². The molecule has 0 aliphatic carbocycles. The van der Waals surface area contributed by atoms with Gasteiger partial charge in [-0.1, -0.05) is 13.0 Å². The number of hydrogen-bond donors (Lipinski definition) is 0. The quantitative estimate of drug-likeness (QED) is 0.793. The van der Waals surface area contributed by atoms with Gasteiger partial charge in [0.25, 0.3) is 5.91 Å². The Hall–Kier alpha value is -1.86. The van der Waals surface area contributed by atoms with Crippen LogP contribution in [-0.4, -0.2) is 61.7 Å². The van der Waals surface area contributed by atoms with Gasteiger partial charge in [0.2, 0.25) is 0 Å². The first-order chi connectivity index (χ1) is 12.2. The molecule has 0 aromatic carbocycles. The van der Waals surface area contributed by atoms with Gasteiger partial charge in [-0.15, -0.1) is 0 Å². The summed E-state index contributed by atoms with van der Waals surface area (Å²) in [5.74, 6) is 0.0112. The zero-order valence-corrected chi connectivity index (χ0v) is 15.7. The molecule has 134 valence electrons. The van der Waals surface area contributed by atoms with Crippen molar-refractivity contribution in [3.8, 4) is 0 Å². The number of amides is 1. The van der Waals surface area contributed by atoms with Gasteiger partial charge in [0.15, 0.2) is 5.69 Å². The number of carbonyl (C=O) groups excluding carboxylic acids is 1. The molecule has 0 spiro atoms. The van der Waals surface area contributed by atoms with Crippen molar-refractivity contribution < 1.29 is 4.79 Å². The number of aryl methyl sites for hydroxylation is 1. The molecule has 1 fully saturated rings. The predicted octanol–water partition coefficient (Wildman–Crippen LogP) is 2.41. The van der Waals surface area contributed by atoms with Crippen molar-refractivity contribution in [2.75, 3.05) is 26.2 Å². The Bertz CT molecular complexity index is 682. The Morgan fingerprint density at radius 1 is 1.32 bits per heavy atom. The second kappa shape index (κ2) is 8.49. The summed E-state index contributed by atoms with van der Waals surface area (Å²) >= 11 is 1.11. The van der Waals surface area contributed by atoms with E-state index >= 15 is 0 Å². The Balaban J connectivity index is 1.74. The molecule has 7 heteroatoms. The molecule has 6 nitrogen and oxygen atoms in total. The molecule has 0 radical (unpaired) electrons. The lowest BCUT2D eigenvalue weighted by Gasteiger charge is -2.38. The molecule has 25 heavy (non-hydrogen) atoms. The summed E-state index contributed by atoms with van der Waals surface area (Å²) in [6.45, 7) is 7.88. The predicted molar refractivity (Wildman–Crippen MR) is 98.8 cm³/mol. The van der Waals surface area contributed by atoms with Crippen LogP contribution in [0, 0.1) is 6.92 Å². The molecule has 3 heterocycles. The van der Waals surface area contributed by atoms with Crippen LogP contribution in [0.15, 0.2) is 24.4 Å². The SMILES string of the molecule is CCN1CCC(N(CCc2ccccn2)C(=O)c2nsnc2C)CC1. The molecule has 1 aliphatic rings. The van der Waals surface area contributed by atoms with Gasteiger partial charge in [0.1, 0.15) is 0 Å². The van der Waals surface area contributed by atoms with Gasteiger partial charge in [-0.2, -0.15) is 8.75 Å². The van der Waals surface area contributed by atoms with E-state index in [-0.39, 0.29) is 11.9 Å². The lowest BCUT2D eigenvalue weighted by molar-refractivity contribution is 0.0574. The largest absolute Gasteiger partial charge is 0.334 e. The van der Waals surface area contributed by atoms with Crippen molar-refractivity contribution in [2.45, 2.75) is 39.2 Å². The van der Waals surface area contributed by atoms with Gasteiger partial charge in [-0.05, 0) is 38.4 Å². The van der Waals surface area contributed by atoms with Crippen molar-refractivity contribution in [3.63, 3.8) is 0 Å². The number of likely N-dealkylation sites (tertiary alicyclic amines) is 1. The Labute approximate surface area is 153 Å². The monoisotopic (exact) mass is 359 g/mol. The van der Waals surface area contributed by atoms with Crippen LogP contribution in [-0.2, 0) is 6.42 Å². The minimum Gasteiger partial charge on any atom is -0.334 e. The minimum absolute atomic E-state index is 0.0112. The molecular formula is C18H25N5OS. The van der Waals surface area contributed by atoms with E-state index in [1.807, 2.05) is 30.0 Å². The maximum atomic E-state index is 13.1. The van der Waals surface area contributed by atoms with Gasteiger partial charge >= 0.3 is 0 Å². The molecule has 0 bridgehead atoms. The molecule has 0 N–H and O–H groups in total. The van der Waals surface area contributed by atoms with Crippen LogP contribution in [0.1, 0.15) is 41.6 Å². The number of rotatable bonds is 6. The van der Waals surface area contributed by atoms with Gasteiger partial charge < -0.3 is 9.80 Å². The van der Waals surface area contributed by atoms with Crippen LogP contribution in [0.3, 0.4) is 0 Å². The summed E-state index contributed by atoms with van der Waals surface area (Å²) in [6, 6.07) is 6.18. The van der Waals surface area contributed by atoms with E-state index in [1.54, 1.807) is 6.20 Å². The highest BCUT2D eigenvalue weighted by Crippen LogP contribution is 2.20. The van der Waals surface area contributed by atoms with Crippen molar-refractivity contribution >= 4 is 17.6 Å². The second-order valence-corrected chi connectivity index (χ2v) is 6.96. The average Bonchev–Trinajstić information content (AvgIpc) is 3.09. The number of aromatic nitrogens is 3. The molecule has 0 saturated carbocycles. The van der Waals surface area contributed by atoms with Crippen LogP contribution in [0.25, 0.3) is 0 Å². The Kier molecular flexibility index (Phi) is 6.09. The number of carbonyl (C=O) groups is 1. The van der Waals surface area contributed by atoms with Gasteiger partial charge in [0.05, 0.1) is 17.4 Å². The summed E-state index contributed by atoms with van der Waals surface area (Å²) in [6.07, 6.45) is 4.59. The molecule has 2 aromatic rings. The highest BCUT2D eigenvalue weighted by molar-refractivity contribution is 6.99. The van der Waals surface area contributed by atoms with Crippen LogP contribution in [0.2, 0.25) is 0 Å². The maximum Gasteiger partial charge on any atom is 0.275 e. The van der Waals surface area contributed by atoms with Crippen molar-refractivity contribution in [2.24, 2.45) is 0 Å². The minimum atomic E-state index is 0.0112. The first-order valence-electron chi connectivity index (χ1n) is 8.91. The molecule has 1 saturated heterocycles. The smallest absolute Gasteiger partial charge is 0.275 e. The summed E-state index contributed by atoms with van der Waals surface area (Å²) in [7, 11) is 0. The number of pyridine rings is 1. The highest BCUT2D eigenvalue weighted by Gasteiger charge is 2.30. The summed E-state index contributed by atoms with van der Waals surface area (Å²) in [5, 5.41) is 0. The van der Waals surface area contributed by atoms with E-state index in [4.69, 9.17) is 0 Å². The Morgan fingerprint density at radius 2 is 2.12 bits per heavy atom. The fourth-order valence-electron chi connectivity index (χ4n) is 3.34. The van der Waals surface area contributed by atoms with Crippen molar-refractivity contribution in [1.29, 1.82) is 0 Å². The third-order valence-corrected chi connectivity index (χ3v) is 5.52. The van der Waals surface area contributed by atoms with E-state index in [1.165, 1.54) is 0 Å². The summed E-state index contributed by atoms with van der Waals surface area (Å²) < 4.78 is 8.40. The molecule has 3 rings (SSSR count). The molecule has 0 unspecified atom stereocenters. The van der Waals surface area contributed by atoms with E-state index in [9.17, 15) is 4.79 Å². The lowest BCUT2D eigenvalue weighted by atomic mass is 10.0. The third kappa shape index (κ3) is 4.41. The molecular weight excluding hydrogens is 334 g/mol.